The second kappa shape index (κ2) is 20.6. The Bertz CT molecular complexity index is 1910. The number of carbonyl (C=O) groups is 2. The summed E-state index contributed by atoms with van der Waals surface area (Å²) in [5.74, 6) is -2.57. The molecule has 4 aliphatic heterocycles. The number of carbonyl (C=O) groups excluding carboxylic acids is 2. The summed E-state index contributed by atoms with van der Waals surface area (Å²) in [5, 5.41) is 81.2. The lowest BCUT2D eigenvalue weighted by Crippen LogP contribution is -2.75. The van der Waals surface area contributed by atoms with Crippen LogP contribution in [0.2, 0.25) is 0 Å². The van der Waals surface area contributed by atoms with E-state index in [1.165, 1.54) is 14.0 Å². The van der Waals surface area contributed by atoms with Crippen molar-refractivity contribution in [1.29, 1.82) is 0 Å². The largest absolute Gasteiger partial charge is 0.458 e. The topological polar surface area (TPSA) is 268 Å². The van der Waals surface area contributed by atoms with Gasteiger partial charge in [-0.05, 0) is 86.0 Å². The molecule has 0 spiro atoms. The van der Waals surface area contributed by atoms with Gasteiger partial charge in [-0.1, -0.05) is 31.6 Å². The van der Waals surface area contributed by atoms with Gasteiger partial charge in [0.1, 0.15) is 47.5 Å². The molecule has 19 nitrogen and oxygen atoms in total. The lowest BCUT2D eigenvalue weighted by atomic mass is 9.43. The predicted octanol–water partition coefficient (Wildman–Crippen LogP) is 2.38. The molecule has 7 fully saturated rings. The van der Waals surface area contributed by atoms with E-state index in [9.17, 15) is 45.3 Å². The molecule has 0 bridgehead atoms. The average Bonchev–Trinajstić information content (AvgIpc) is 3.52. The third kappa shape index (κ3) is 9.53. The van der Waals surface area contributed by atoms with Crippen molar-refractivity contribution in [2.45, 2.75) is 254 Å². The van der Waals surface area contributed by atoms with Gasteiger partial charge in [0, 0.05) is 56.1 Å². The van der Waals surface area contributed by atoms with E-state index >= 15 is 0 Å². The minimum Gasteiger partial charge on any atom is -0.458 e. The quantitative estimate of drug-likeness (QED) is 0.0841. The monoisotopic (exact) mass is 997 g/mol. The van der Waals surface area contributed by atoms with Gasteiger partial charge in [-0.3, -0.25) is 4.79 Å². The molecule has 25 atom stereocenters. The van der Waals surface area contributed by atoms with Gasteiger partial charge in [0.15, 0.2) is 25.2 Å². The Morgan fingerprint density at radius 3 is 1.70 bits per heavy atom. The molecule has 0 aromatic heterocycles. The highest BCUT2D eigenvalue weighted by Crippen LogP contribution is 2.70. The Balaban J connectivity index is 0.846. The fraction of sp³-hybridized carbons (Fsp3) is 0.882. The molecule has 19 heteroatoms. The first-order chi connectivity index (χ1) is 32.9. The van der Waals surface area contributed by atoms with E-state index in [1.807, 2.05) is 6.08 Å². The molecule has 4 aliphatic carbocycles. The van der Waals surface area contributed by atoms with Crippen molar-refractivity contribution in [3.63, 3.8) is 0 Å². The number of Topliss-reactive ketones (excluding diaryl/α,β-unsaturated/α-hetero) is 1. The minimum absolute atomic E-state index is 0.0321. The van der Waals surface area contributed by atoms with Crippen molar-refractivity contribution in [2.24, 2.45) is 22.7 Å². The number of fused-ring (bicyclic) bond motifs is 5. The van der Waals surface area contributed by atoms with Crippen LogP contribution in [-0.4, -0.2) is 183 Å². The molecule has 398 valence electrons. The predicted molar refractivity (Wildman–Crippen MR) is 245 cm³/mol. The lowest BCUT2D eigenvalue weighted by Gasteiger charge is -2.66. The standard InChI is InChI=1S/C51H80O19/c1-11-23(2)47(58)67-37-21-36-48(8)14-13-30(16-29(48)12-15-50(36,59)51(60)22-34(56)42(24(3)52)49(37,51)9)66-38-17-31(53)44(26(5)63-38)68-39-18-32(54)45(27(6)64-39)69-40-19-33(55)46(28(7)65-40)70-41-20-35(61-10)43(57)25(4)62-41/h11-12,25-28,30-46,53-57,59-60H,13-22H2,1-10H3. The third-order valence-corrected chi connectivity index (χ3v) is 18.0. The van der Waals surface area contributed by atoms with Gasteiger partial charge in [-0.25, -0.2) is 4.79 Å². The van der Waals surface area contributed by atoms with Gasteiger partial charge in [-0.2, -0.15) is 0 Å². The molecular formula is C51H80O19. The molecule has 3 saturated carbocycles. The number of aliphatic hydroxyl groups excluding tert-OH is 5. The normalized spacial score (nSPS) is 51.9. The van der Waals surface area contributed by atoms with E-state index in [4.69, 9.17) is 47.4 Å². The molecule has 0 amide bonds. The zero-order valence-electron chi connectivity index (χ0n) is 42.4. The molecule has 7 N–H and O–H groups in total. The number of hydrogen-bond acceptors (Lipinski definition) is 19. The first-order valence-corrected chi connectivity index (χ1v) is 25.5. The van der Waals surface area contributed by atoms with Crippen LogP contribution in [0.25, 0.3) is 0 Å². The first-order valence-electron chi connectivity index (χ1n) is 25.5. The molecule has 25 unspecified atom stereocenters. The van der Waals surface area contributed by atoms with Crippen LogP contribution in [-0.2, 0) is 57.0 Å². The Kier molecular flexibility index (Phi) is 16.0. The second-order valence-electron chi connectivity index (χ2n) is 22.2. The van der Waals surface area contributed by atoms with Crippen molar-refractivity contribution in [3.05, 3.63) is 23.3 Å². The minimum atomic E-state index is -1.96. The fourth-order valence-electron chi connectivity index (χ4n) is 13.9. The Hall–Kier alpha value is -2.02. The highest BCUT2D eigenvalue weighted by atomic mass is 16.8. The van der Waals surface area contributed by atoms with E-state index in [-0.39, 0.29) is 56.8 Å². The van der Waals surface area contributed by atoms with Crippen molar-refractivity contribution < 1.29 is 92.7 Å². The van der Waals surface area contributed by atoms with E-state index in [0.29, 0.717) is 24.8 Å². The number of allylic oxidation sites excluding steroid dienone is 1. The SMILES string of the molecule is CC=C(C)C(=O)OC1CC2C3(C)CCC(OC4CC(O)C(OC5CC(O)C(OC6CC(O)C(OC7CC(OC)C(O)C(C)O7)C(C)O6)C(C)O5)C(C)O4)CC3=CCC2(O)C2(O)CC(O)C(C(C)=O)C12C. The summed E-state index contributed by atoms with van der Waals surface area (Å²) in [6.45, 7) is 15.5. The van der Waals surface area contributed by atoms with Crippen molar-refractivity contribution in [3.8, 4) is 0 Å². The highest BCUT2D eigenvalue weighted by molar-refractivity contribution is 5.88. The van der Waals surface area contributed by atoms with Gasteiger partial charge in [0.2, 0.25) is 0 Å². The summed E-state index contributed by atoms with van der Waals surface area (Å²) < 4.78 is 61.1. The summed E-state index contributed by atoms with van der Waals surface area (Å²) in [7, 11) is 1.51. The van der Waals surface area contributed by atoms with Crippen molar-refractivity contribution in [2.75, 3.05) is 7.11 Å². The Labute approximate surface area is 411 Å². The van der Waals surface area contributed by atoms with E-state index in [0.717, 1.165) is 5.57 Å². The van der Waals surface area contributed by atoms with Crippen LogP contribution in [0.5, 0.6) is 0 Å². The summed E-state index contributed by atoms with van der Waals surface area (Å²) in [4.78, 5) is 26.5. The third-order valence-electron chi connectivity index (χ3n) is 18.0. The van der Waals surface area contributed by atoms with Gasteiger partial charge < -0.3 is 83.1 Å². The maximum Gasteiger partial charge on any atom is 0.333 e. The molecule has 0 aromatic carbocycles. The Morgan fingerprint density at radius 2 is 1.21 bits per heavy atom. The van der Waals surface area contributed by atoms with Crippen molar-refractivity contribution in [1.82, 2.24) is 0 Å². The molecule has 0 radical (unpaired) electrons. The van der Waals surface area contributed by atoms with Gasteiger partial charge in [-0.15, -0.1) is 0 Å². The molecule has 0 aromatic rings. The van der Waals surface area contributed by atoms with Crippen LogP contribution in [0, 0.1) is 22.7 Å². The van der Waals surface area contributed by atoms with Gasteiger partial charge in [0.05, 0.1) is 67.0 Å². The summed E-state index contributed by atoms with van der Waals surface area (Å²) in [6, 6.07) is 0. The zero-order valence-corrected chi connectivity index (χ0v) is 42.4. The van der Waals surface area contributed by atoms with E-state index in [2.05, 4.69) is 6.92 Å². The second-order valence-corrected chi connectivity index (χ2v) is 22.2. The van der Waals surface area contributed by atoms with E-state index < -0.39 is 150 Å². The summed E-state index contributed by atoms with van der Waals surface area (Å²) in [5.41, 5.74) is -4.41. The number of hydrogen-bond donors (Lipinski definition) is 7. The lowest BCUT2D eigenvalue weighted by molar-refractivity contribution is -0.344. The highest BCUT2D eigenvalue weighted by Gasteiger charge is 2.79. The van der Waals surface area contributed by atoms with Crippen molar-refractivity contribution >= 4 is 11.8 Å². The molecule has 4 heterocycles. The molecule has 8 rings (SSSR count). The number of aliphatic hydroxyl groups is 7. The fourth-order valence-corrected chi connectivity index (χ4v) is 13.9. The smallest absolute Gasteiger partial charge is 0.333 e. The number of methoxy groups -OCH3 is 1. The van der Waals surface area contributed by atoms with Crippen LogP contribution in [0.1, 0.15) is 127 Å². The zero-order chi connectivity index (χ0) is 51.0. The van der Waals surface area contributed by atoms with Gasteiger partial charge >= 0.3 is 5.97 Å². The maximum absolute atomic E-state index is 13.3. The summed E-state index contributed by atoms with van der Waals surface area (Å²) in [6.07, 6.45) is -9.14. The van der Waals surface area contributed by atoms with E-state index in [1.54, 1.807) is 54.5 Å². The van der Waals surface area contributed by atoms with Crippen LogP contribution in [0.15, 0.2) is 23.3 Å². The van der Waals surface area contributed by atoms with Crippen LogP contribution in [0.3, 0.4) is 0 Å². The molecule has 70 heavy (non-hydrogen) atoms. The Morgan fingerprint density at radius 1 is 0.714 bits per heavy atom. The van der Waals surface area contributed by atoms with Crippen LogP contribution < -0.4 is 0 Å². The summed E-state index contributed by atoms with van der Waals surface area (Å²) >= 11 is 0. The maximum atomic E-state index is 13.3. The average molecular weight is 997 g/mol. The number of rotatable bonds is 12. The molecular weight excluding hydrogens is 917 g/mol. The molecule has 4 saturated heterocycles. The number of ketones is 1. The first kappa shape index (κ1) is 54.2. The van der Waals surface area contributed by atoms with Gasteiger partial charge in [0.25, 0.3) is 0 Å². The van der Waals surface area contributed by atoms with Crippen LogP contribution >= 0.6 is 0 Å². The molecule has 8 aliphatic rings. The number of esters is 1. The van der Waals surface area contributed by atoms with Crippen LogP contribution in [0.4, 0.5) is 0 Å². The number of ether oxygens (including phenoxy) is 10.